The number of benzene rings is 1. The zero-order valence-corrected chi connectivity index (χ0v) is 10.3. The fourth-order valence-corrected chi connectivity index (χ4v) is 1.32. The van der Waals surface area contributed by atoms with Gasteiger partial charge in [0.25, 0.3) is 5.91 Å². The van der Waals surface area contributed by atoms with Gasteiger partial charge in [-0.05, 0) is 18.2 Å². The Kier molecular flexibility index (Phi) is 5.52. The van der Waals surface area contributed by atoms with Crippen molar-refractivity contribution in [2.24, 2.45) is 0 Å². The summed E-state index contributed by atoms with van der Waals surface area (Å²) in [5.41, 5.74) is 0.461. The number of carboxylic acid groups (broad SMARTS) is 1. The highest BCUT2D eigenvalue weighted by molar-refractivity contribution is 5.97. The predicted octanol–water partition coefficient (Wildman–Crippen LogP) is 0.146. The summed E-state index contributed by atoms with van der Waals surface area (Å²) >= 11 is 0. The van der Waals surface area contributed by atoms with Crippen LogP contribution in [0, 0.1) is 11.3 Å². The minimum Gasteiger partial charge on any atom is -0.465 e. The summed E-state index contributed by atoms with van der Waals surface area (Å²) in [6.07, 6.45) is -1.24. The SMILES string of the molecule is N#CCNC(=O)CNC(=O)c1cccc(NC(=O)O)c1. The Hall–Kier alpha value is -3.08. The Balaban J connectivity index is 2.57. The molecule has 8 nitrogen and oxygen atoms in total. The average Bonchev–Trinajstić information content (AvgIpc) is 2.42. The van der Waals surface area contributed by atoms with Crippen LogP contribution in [0.5, 0.6) is 0 Å². The molecule has 1 aromatic carbocycles. The summed E-state index contributed by atoms with van der Waals surface area (Å²) in [7, 11) is 0. The second-order valence-corrected chi connectivity index (χ2v) is 3.63. The molecule has 0 aromatic heterocycles. The van der Waals surface area contributed by atoms with Crippen LogP contribution in [0.2, 0.25) is 0 Å². The van der Waals surface area contributed by atoms with Crippen LogP contribution in [0.15, 0.2) is 24.3 Å². The summed E-state index contributed by atoms with van der Waals surface area (Å²) in [5, 5.41) is 23.6. The number of anilines is 1. The third-order valence-electron chi connectivity index (χ3n) is 2.15. The second kappa shape index (κ2) is 7.38. The first kappa shape index (κ1) is 15.0. The molecule has 0 fully saturated rings. The van der Waals surface area contributed by atoms with Gasteiger partial charge in [0.05, 0.1) is 12.6 Å². The number of hydrogen-bond acceptors (Lipinski definition) is 4. The molecule has 0 heterocycles. The summed E-state index contributed by atoms with van der Waals surface area (Å²) in [6.45, 7) is -0.399. The maximum absolute atomic E-state index is 11.7. The summed E-state index contributed by atoms with van der Waals surface area (Å²) in [4.78, 5) is 33.4. The Bertz CT molecular complexity index is 565. The molecule has 20 heavy (non-hydrogen) atoms. The number of carbonyl (C=O) groups is 3. The first-order chi connectivity index (χ1) is 9.52. The first-order valence-corrected chi connectivity index (χ1v) is 5.55. The highest BCUT2D eigenvalue weighted by Gasteiger charge is 2.09. The van der Waals surface area contributed by atoms with Crippen LogP contribution >= 0.6 is 0 Å². The van der Waals surface area contributed by atoms with Crippen molar-refractivity contribution in [2.45, 2.75) is 0 Å². The van der Waals surface area contributed by atoms with E-state index in [1.165, 1.54) is 24.3 Å². The maximum atomic E-state index is 11.7. The Labute approximate surface area is 114 Å². The van der Waals surface area contributed by atoms with E-state index in [0.717, 1.165) is 0 Å². The molecular formula is C12H12N4O4. The molecule has 0 spiro atoms. The average molecular weight is 276 g/mol. The lowest BCUT2D eigenvalue weighted by molar-refractivity contribution is -0.119. The van der Waals surface area contributed by atoms with Crippen LogP contribution in [0.4, 0.5) is 10.5 Å². The zero-order chi connectivity index (χ0) is 15.0. The fourth-order valence-electron chi connectivity index (χ4n) is 1.32. The van der Waals surface area contributed by atoms with Crippen LogP contribution in [0.3, 0.4) is 0 Å². The van der Waals surface area contributed by atoms with Gasteiger partial charge < -0.3 is 15.7 Å². The number of rotatable bonds is 5. The van der Waals surface area contributed by atoms with Gasteiger partial charge in [-0.3, -0.25) is 14.9 Å². The monoisotopic (exact) mass is 276 g/mol. The van der Waals surface area contributed by atoms with Gasteiger partial charge in [-0.15, -0.1) is 0 Å². The molecule has 0 atom stereocenters. The molecule has 0 radical (unpaired) electrons. The van der Waals surface area contributed by atoms with Crippen LogP contribution in [0.1, 0.15) is 10.4 Å². The van der Waals surface area contributed by atoms with E-state index in [-0.39, 0.29) is 24.3 Å². The van der Waals surface area contributed by atoms with Crippen molar-refractivity contribution < 1.29 is 19.5 Å². The van der Waals surface area contributed by atoms with Crippen LogP contribution < -0.4 is 16.0 Å². The number of amides is 3. The maximum Gasteiger partial charge on any atom is 0.409 e. The summed E-state index contributed by atoms with van der Waals surface area (Å²) in [6, 6.07) is 7.56. The summed E-state index contributed by atoms with van der Waals surface area (Å²) in [5.74, 6) is -1.01. The van der Waals surface area contributed by atoms with Crippen molar-refractivity contribution in [3.05, 3.63) is 29.8 Å². The molecule has 0 unspecified atom stereocenters. The van der Waals surface area contributed by atoms with Gasteiger partial charge in [0.15, 0.2) is 0 Å². The third kappa shape index (κ3) is 5.05. The van der Waals surface area contributed by atoms with Gasteiger partial charge in [-0.25, -0.2) is 4.79 Å². The molecule has 0 saturated heterocycles. The van der Waals surface area contributed by atoms with E-state index in [9.17, 15) is 14.4 Å². The largest absolute Gasteiger partial charge is 0.465 e. The minimum atomic E-state index is -1.24. The Morgan fingerprint density at radius 1 is 1.25 bits per heavy atom. The molecule has 0 aliphatic rings. The highest BCUT2D eigenvalue weighted by Crippen LogP contribution is 2.10. The topological polar surface area (TPSA) is 131 Å². The third-order valence-corrected chi connectivity index (χ3v) is 2.15. The van der Waals surface area contributed by atoms with Gasteiger partial charge in [0, 0.05) is 11.3 Å². The number of nitriles is 1. The van der Waals surface area contributed by atoms with Crippen LogP contribution in [0.25, 0.3) is 0 Å². The van der Waals surface area contributed by atoms with Crippen molar-refractivity contribution in [1.82, 2.24) is 10.6 Å². The fraction of sp³-hybridized carbons (Fsp3) is 0.167. The van der Waals surface area contributed by atoms with Crippen molar-refractivity contribution in [3.8, 4) is 6.07 Å². The summed E-state index contributed by atoms with van der Waals surface area (Å²) < 4.78 is 0. The zero-order valence-electron chi connectivity index (χ0n) is 10.3. The lowest BCUT2D eigenvalue weighted by atomic mass is 10.2. The van der Waals surface area contributed by atoms with Gasteiger partial charge >= 0.3 is 6.09 Å². The number of nitrogens with one attached hydrogen (secondary N) is 3. The minimum absolute atomic E-state index is 0.132. The molecule has 8 heteroatoms. The lowest BCUT2D eigenvalue weighted by Gasteiger charge is -2.06. The molecule has 4 N–H and O–H groups in total. The number of hydrogen-bond donors (Lipinski definition) is 4. The molecule has 1 rings (SSSR count). The van der Waals surface area contributed by atoms with E-state index in [0.29, 0.717) is 0 Å². The molecule has 0 bridgehead atoms. The van der Waals surface area contributed by atoms with E-state index >= 15 is 0 Å². The van der Waals surface area contributed by atoms with Crippen molar-refractivity contribution in [1.29, 1.82) is 5.26 Å². The van der Waals surface area contributed by atoms with Crippen molar-refractivity contribution in [3.63, 3.8) is 0 Å². The van der Waals surface area contributed by atoms with E-state index in [1.807, 2.05) is 0 Å². The normalized spacial score (nSPS) is 9.15. The van der Waals surface area contributed by atoms with Crippen molar-refractivity contribution in [2.75, 3.05) is 18.4 Å². The first-order valence-electron chi connectivity index (χ1n) is 5.55. The van der Waals surface area contributed by atoms with E-state index in [2.05, 4.69) is 16.0 Å². The second-order valence-electron chi connectivity index (χ2n) is 3.63. The predicted molar refractivity (Wildman–Crippen MR) is 69.0 cm³/mol. The molecule has 1 aromatic rings. The van der Waals surface area contributed by atoms with Gasteiger partial charge in [-0.2, -0.15) is 5.26 Å². The Morgan fingerprint density at radius 3 is 2.65 bits per heavy atom. The molecule has 0 aliphatic heterocycles. The molecule has 3 amide bonds. The van der Waals surface area contributed by atoms with E-state index in [4.69, 9.17) is 10.4 Å². The molecular weight excluding hydrogens is 264 g/mol. The van der Waals surface area contributed by atoms with E-state index < -0.39 is 17.9 Å². The quantitative estimate of drug-likeness (QED) is 0.568. The lowest BCUT2D eigenvalue weighted by Crippen LogP contribution is -2.37. The van der Waals surface area contributed by atoms with Gasteiger partial charge in [0.1, 0.15) is 6.54 Å². The van der Waals surface area contributed by atoms with Crippen LogP contribution in [-0.4, -0.2) is 36.1 Å². The molecule has 0 aliphatic carbocycles. The highest BCUT2D eigenvalue weighted by atomic mass is 16.4. The standard InChI is InChI=1S/C12H12N4O4/c13-4-5-14-10(17)7-15-11(18)8-2-1-3-9(6-8)16-12(19)20/h1-3,6,16H,5,7H2,(H,14,17)(H,15,18)(H,19,20). The van der Waals surface area contributed by atoms with Crippen LogP contribution in [-0.2, 0) is 4.79 Å². The molecule has 104 valence electrons. The smallest absolute Gasteiger partial charge is 0.409 e. The van der Waals surface area contributed by atoms with Gasteiger partial charge in [-0.1, -0.05) is 6.07 Å². The van der Waals surface area contributed by atoms with E-state index in [1.54, 1.807) is 6.07 Å². The number of nitrogens with zero attached hydrogens (tertiary/aromatic N) is 1. The Morgan fingerprint density at radius 2 is 2.00 bits per heavy atom. The van der Waals surface area contributed by atoms with Crippen molar-refractivity contribution >= 4 is 23.6 Å². The van der Waals surface area contributed by atoms with Gasteiger partial charge in [0.2, 0.25) is 5.91 Å². The molecule has 0 saturated carbocycles. The number of carbonyl (C=O) groups excluding carboxylic acids is 2.